The average molecular weight is 498 g/mol. The Bertz CT molecular complexity index is 1640. The van der Waals surface area contributed by atoms with Crippen LogP contribution in [0.1, 0.15) is 34.7 Å². The van der Waals surface area contributed by atoms with Crippen LogP contribution in [-0.4, -0.2) is 25.4 Å². The van der Waals surface area contributed by atoms with Gasteiger partial charge in [-0.25, -0.2) is 23.7 Å². The summed E-state index contributed by atoms with van der Waals surface area (Å²) in [5.41, 5.74) is 1.10. The lowest BCUT2D eigenvalue weighted by Crippen LogP contribution is -2.36. The van der Waals surface area contributed by atoms with Crippen molar-refractivity contribution in [3.8, 4) is 11.1 Å². The van der Waals surface area contributed by atoms with Crippen LogP contribution in [-0.2, 0) is 6.54 Å². The SMILES string of the molecule is CC(NC(=O)c1c(-c2ccc(F)cc2)c2cccnc2n(Cc2ncccn2)c1=O)c1ccc(F)cc1. The number of aromatic nitrogens is 4. The zero-order chi connectivity index (χ0) is 25.9. The van der Waals surface area contributed by atoms with Crippen LogP contribution in [0.4, 0.5) is 8.78 Å². The molecule has 0 saturated carbocycles. The second-order valence-electron chi connectivity index (χ2n) is 8.43. The minimum atomic E-state index is -0.630. The summed E-state index contributed by atoms with van der Waals surface area (Å²) < 4.78 is 28.5. The summed E-state index contributed by atoms with van der Waals surface area (Å²) in [7, 11) is 0. The van der Waals surface area contributed by atoms with Crippen LogP contribution in [0.15, 0.2) is 90.1 Å². The molecule has 0 aliphatic carbocycles. The van der Waals surface area contributed by atoms with Crippen LogP contribution in [0.2, 0.25) is 0 Å². The maximum absolute atomic E-state index is 13.9. The van der Waals surface area contributed by atoms with Crippen molar-refractivity contribution >= 4 is 16.9 Å². The number of pyridine rings is 2. The number of nitrogens with zero attached hydrogens (tertiary/aromatic N) is 4. The Balaban J connectivity index is 1.71. The predicted molar refractivity (Wildman–Crippen MR) is 135 cm³/mol. The van der Waals surface area contributed by atoms with Crippen LogP contribution in [0.3, 0.4) is 0 Å². The zero-order valence-corrected chi connectivity index (χ0v) is 19.7. The molecule has 1 amide bonds. The summed E-state index contributed by atoms with van der Waals surface area (Å²) >= 11 is 0. The van der Waals surface area contributed by atoms with Gasteiger partial charge in [-0.2, -0.15) is 0 Å². The van der Waals surface area contributed by atoms with Crippen molar-refractivity contribution in [2.75, 3.05) is 0 Å². The molecule has 7 nitrogen and oxygen atoms in total. The van der Waals surface area contributed by atoms with E-state index < -0.39 is 29.1 Å². The van der Waals surface area contributed by atoms with Crippen LogP contribution < -0.4 is 10.9 Å². The van der Waals surface area contributed by atoms with Crippen LogP contribution in [0.25, 0.3) is 22.2 Å². The fourth-order valence-electron chi connectivity index (χ4n) is 4.21. The largest absolute Gasteiger partial charge is 0.345 e. The number of carbonyl (C=O) groups is 1. The van der Waals surface area contributed by atoms with Crippen molar-refractivity contribution in [2.45, 2.75) is 19.5 Å². The van der Waals surface area contributed by atoms with E-state index in [0.29, 0.717) is 33.5 Å². The van der Waals surface area contributed by atoms with Crippen molar-refractivity contribution in [3.63, 3.8) is 0 Å². The third-order valence-corrected chi connectivity index (χ3v) is 6.02. The Morgan fingerprint density at radius 3 is 2.19 bits per heavy atom. The van der Waals surface area contributed by atoms with Gasteiger partial charge in [0.2, 0.25) is 0 Å². The molecule has 1 unspecified atom stereocenters. The minimum absolute atomic E-state index is 0.00925. The van der Waals surface area contributed by atoms with Gasteiger partial charge < -0.3 is 5.32 Å². The second kappa shape index (κ2) is 10.1. The highest BCUT2D eigenvalue weighted by atomic mass is 19.1. The van der Waals surface area contributed by atoms with E-state index in [4.69, 9.17) is 0 Å². The molecule has 2 aromatic carbocycles. The van der Waals surface area contributed by atoms with E-state index in [1.807, 2.05) is 0 Å². The average Bonchev–Trinajstić information content (AvgIpc) is 2.91. The topological polar surface area (TPSA) is 89.8 Å². The molecule has 37 heavy (non-hydrogen) atoms. The summed E-state index contributed by atoms with van der Waals surface area (Å²) in [4.78, 5) is 40.5. The molecule has 0 aliphatic rings. The van der Waals surface area contributed by atoms with E-state index in [1.54, 1.807) is 55.8 Å². The molecule has 5 aromatic rings. The number of amides is 1. The molecule has 184 valence electrons. The Hall–Kier alpha value is -4.79. The summed E-state index contributed by atoms with van der Waals surface area (Å²) in [5.74, 6) is -1.10. The molecule has 1 atom stereocenters. The lowest BCUT2D eigenvalue weighted by atomic mass is 9.96. The first-order chi connectivity index (χ1) is 17.9. The van der Waals surface area contributed by atoms with Gasteiger partial charge in [-0.3, -0.25) is 14.2 Å². The van der Waals surface area contributed by atoms with Crippen LogP contribution in [0, 0.1) is 11.6 Å². The minimum Gasteiger partial charge on any atom is -0.345 e. The Kier molecular flexibility index (Phi) is 6.51. The van der Waals surface area contributed by atoms with Crippen LogP contribution in [0.5, 0.6) is 0 Å². The monoisotopic (exact) mass is 497 g/mol. The molecule has 1 N–H and O–H groups in total. The van der Waals surface area contributed by atoms with Gasteiger partial charge in [0.1, 0.15) is 28.7 Å². The third kappa shape index (κ3) is 4.84. The first-order valence-electron chi connectivity index (χ1n) is 11.5. The predicted octanol–water partition coefficient (Wildman–Crippen LogP) is 4.67. The van der Waals surface area contributed by atoms with Gasteiger partial charge >= 0.3 is 0 Å². The fraction of sp³-hybridized carbons (Fsp3) is 0.107. The third-order valence-electron chi connectivity index (χ3n) is 6.02. The van der Waals surface area contributed by atoms with Gasteiger partial charge in [-0.15, -0.1) is 0 Å². The van der Waals surface area contributed by atoms with Crippen molar-refractivity contribution < 1.29 is 13.6 Å². The molecule has 3 heterocycles. The van der Waals surface area contributed by atoms with E-state index in [-0.39, 0.29) is 12.1 Å². The molecule has 0 fully saturated rings. The van der Waals surface area contributed by atoms with E-state index in [1.165, 1.54) is 41.0 Å². The van der Waals surface area contributed by atoms with Crippen molar-refractivity contribution in [2.24, 2.45) is 0 Å². The molecule has 0 bridgehead atoms. The lowest BCUT2D eigenvalue weighted by molar-refractivity contribution is 0.0938. The van der Waals surface area contributed by atoms with Gasteiger partial charge in [-0.1, -0.05) is 24.3 Å². The lowest BCUT2D eigenvalue weighted by Gasteiger charge is -2.19. The summed E-state index contributed by atoms with van der Waals surface area (Å²) in [6.45, 7) is 1.73. The molecule has 0 spiro atoms. The van der Waals surface area contributed by atoms with E-state index in [2.05, 4.69) is 20.3 Å². The van der Waals surface area contributed by atoms with Crippen molar-refractivity contribution in [1.82, 2.24) is 24.8 Å². The molecular formula is C28H21F2N5O2. The molecule has 0 aliphatic heterocycles. The number of fused-ring (bicyclic) bond motifs is 1. The van der Waals surface area contributed by atoms with Gasteiger partial charge in [0.15, 0.2) is 0 Å². The Morgan fingerprint density at radius 2 is 1.51 bits per heavy atom. The highest BCUT2D eigenvalue weighted by Crippen LogP contribution is 2.30. The number of carbonyl (C=O) groups excluding carboxylic acids is 1. The summed E-state index contributed by atoms with van der Waals surface area (Å²) in [6, 6.07) is 15.9. The normalized spacial score (nSPS) is 11.9. The van der Waals surface area contributed by atoms with E-state index >= 15 is 0 Å². The quantitative estimate of drug-likeness (QED) is 0.368. The second-order valence-corrected chi connectivity index (χ2v) is 8.43. The molecule has 0 saturated heterocycles. The molecule has 5 rings (SSSR count). The molecule has 3 aromatic heterocycles. The van der Waals surface area contributed by atoms with Crippen LogP contribution >= 0.6 is 0 Å². The van der Waals surface area contributed by atoms with Crippen molar-refractivity contribution in [1.29, 1.82) is 0 Å². The Labute approximate surface area is 210 Å². The number of rotatable bonds is 6. The van der Waals surface area contributed by atoms with Crippen molar-refractivity contribution in [3.05, 3.63) is 124 Å². The van der Waals surface area contributed by atoms with E-state index in [9.17, 15) is 18.4 Å². The molecule has 9 heteroatoms. The van der Waals surface area contributed by atoms with E-state index in [0.717, 1.165) is 0 Å². The fourth-order valence-corrected chi connectivity index (χ4v) is 4.21. The number of hydrogen-bond acceptors (Lipinski definition) is 5. The maximum Gasteiger partial charge on any atom is 0.266 e. The summed E-state index contributed by atoms with van der Waals surface area (Å²) in [6.07, 6.45) is 4.68. The highest BCUT2D eigenvalue weighted by Gasteiger charge is 2.25. The molecular weight excluding hydrogens is 476 g/mol. The number of nitrogens with one attached hydrogen (secondary N) is 1. The van der Waals surface area contributed by atoms with Gasteiger partial charge in [-0.05, 0) is 60.5 Å². The highest BCUT2D eigenvalue weighted by molar-refractivity contribution is 6.08. The van der Waals surface area contributed by atoms with Gasteiger partial charge in [0.05, 0.1) is 12.6 Å². The maximum atomic E-state index is 13.9. The number of hydrogen-bond donors (Lipinski definition) is 1. The van der Waals surface area contributed by atoms with Gasteiger partial charge in [0, 0.05) is 29.5 Å². The Morgan fingerprint density at radius 1 is 0.892 bits per heavy atom. The standard InChI is InChI=1S/C28H21F2N5O2/c1-17(18-5-9-20(29)10-6-18)34-27(36)25-24(19-7-11-21(30)12-8-19)22-4-2-13-33-26(22)35(28(25)37)16-23-31-14-3-15-32-23/h2-15,17H,16H2,1H3,(H,34,36). The first-order valence-corrected chi connectivity index (χ1v) is 11.5. The molecule has 0 radical (unpaired) electrons. The van der Waals surface area contributed by atoms with Gasteiger partial charge in [0.25, 0.3) is 11.5 Å². The first kappa shape index (κ1) is 23.9. The number of halogens is 2. The number of benzene rings is 2. The summed E-state index contributed by atoms with van der Waals surface area (Å²) in [5, 5.41) is 3.38. The smallest absolute Gasteiger partial charge is 0.266 e. The zero-order valence-electron chi connectivity index (χ0n) is 19.7.